The maximum absolute atomic E-state index is 12.4. The van der Waals surface area contributed by atoms with E-state index >= 15 is 0 Å². The number of carbonyl (C=O) groups is 3. The molecule has 2 aromatic carbocycles. The fourth-order valence-electron chi connectivity index (χ4n) is 6.72. The molecule has 4 rings (SSSR count). The van der Waals surface area contributed by atoms with E-state index in [1.165, 1.54) is 44.5 Å². The predicted octanol–water partition coefficient (Wildman–Crippen LogP) is 8.32. The number of ether oxygens (including phenoxy) is 7. The smallest absolute Gasteiger partial charge is 0.407 e. The van der Waals surface area contributed by atoms with Crippen molar-refractivity contribution in [3.63, 3.8) is 0 Å². The number of hydrogen-bond donors (Lipinski definition) is 3. The Labute approximate surface area is 357 Å². The van der Waals surface area contributed by atoms with Gasteiger partial charge in [-0.2, -0.15) is 0 Å². The number of benzene rings is 2. The van der Waals surface area contributed by atoms with Crippen LogP contribution in [0.3, 0.4) is 0 Å². The highest BCUT2D eigenvalue weighted by molar-refractivity contribution is 5.81. The van der Waals surface area contributed by atoms with Gasteiger partial charge in [0.2, 0.25) is 0 Å². The van der Waals surface area contributed by atoms with Gasteiger partial charge in [0.05, 0.1) is 52.9 Å². The first-order chi connectivity index (χ1) is 29.2. The summed E-state index contributed by atoms with van der Waals surface area (Å²) in [6.07, 6.45) is 5.15. The van der Waals surface area contributed by atoms with Gasteiger partial charge in [-0.25, -0.2) is 14.4 Å². The lowest BCUT2D eigenvalue weighted by molar-refractivity contribution is -0.148. The molecule has 0 radical (unpaired) electrons. The first-order valence-corrected chi connectivity index (χ1v) is 20.9. The lowest BCUT2D eigenvalue weighted by Gasteiger charge is -2.17. The van der Waals surface area contributed by atoms with Crippen LogP contribution in [0, 0.1) is 0 Å². The van der Waals surface area contributed by atoms with Gasteiger partial charge in [-0.3, -0.25) is 0 Å². The number of allylic oxidation sites excluding steroid dienone is 5. The molecular formula is C47H68N2O11. The fraction of sp³-hybridized carbons (Fsp3) is 0.511. The number of aliphatic carboxylic acids is 1. The highest BCUT2D eigenvalue weighted by Crippen LogP contribution is 2.44. The number of amides is 2. The molecule has 0 saturated heterocycles. The number of carboxylic acid groups (broad SMARTS) is 1. The second-order valence-corrected chi connectivity index (χ2v) is 13.5. The lowest BCUT2D eigenvalue weighted by atomic mass is 9.96. The Hall–Kier alpha value is -4.79. The highest BCUT2D eigenvalue weighted by Gasteiger charge is 2.30. The van der Waals surface area contributed by atoms with Crippen LogP contribution in [0.2, 0.25) is 0 Å². The van der Waals surface area contributed by atoms with Crippen molar-refractivity contribution in [2.45, 2.75) is 72.8 Å². The van der Waals surface area contributed by atoms with Gasteiger partial charge in [0.1, 0.15) is 25.9 Å². The second kappa shape index (κ2) is 30.3. The molecule has 2 aliphatic carbocycles. The van der Waals surface area contributed by atoms with Crippen molar-refractivity contribution in [2.24, 2.45) is 0 Å². The monoisotopic (exact) mass is 836 g/mol. The van der Waals surface area contributed by atoms with E-state index in [1.54, 1.807) is 6.08 Å². The Morgan fingerprint density at radius 2 is 1.23 bits per heavy atom. The minimum Gasteiger partial charge on any atom is -0.480 e. The van der Waals surface area contributed by atoms with Crippen LogP contribution in [0.4, 0.5) is 9.59 Å². The van der Waals surface area contributed by atoms with E-state index in [4.69, 9.17) is 38.3 Å². The fourth-order valence-corrected chi connectivity index (χ4v) is 6.72. The van der Waals surface area contributed by atoms with Crippen LogP contribution in [-0.4, -0.2) is 115 Å². The summed E-state index contributed by atoms with van der Waals surface area (Å²) < 4.78 is 38.7. The summed E-state index contributed by atoms with van der Waals surface area (Å²) in [4.78, 5) is 35.7. The molecule has 0 fully saturated rings. The molecule has 13 heteroatoms. The topological polar surface area (TPSA) is 160 Å². The molecule has 0 bridgehead atoms. The number of carbonyl (C=O) groups excluding carboxylic acids is 2. The van der Waals surface area contributed by atoms with Gasteiger partial charge in [0, 0.05) is 24.9 Å². The Morgan fingerprint density at radius 1 is 0.750 bits per heavy atom. The van der Waals surface area contributed by atoms with Crippen LogP contribution in [-0.2, 0) is 38.0 Å². The molecule has 60 heavy (non-hydrogen) atoms. The van der Waals surface area contributed by atoms with Gasteiger partial charge < -0.3 is 48.9 Å². The molecule has 0 saturated carbocycles. The van der Waals surface area contributed by atoms with Crippen LogP contribution >= 0.6 is 0 Å². The molecule has 0 heterocycles. The van der Waals surface area contributed by atoms with Crippen LogP contribution in [0.15, 0.2) is 84.5 Å². The van der Waals surface area contributed by atoms with E-state index in [0.29, 0.717) is 0 Å². The molecule has 13 nitrogen and oxygen atoms in total. The zero-order valence-corrected chi connectivity index (χ0v) is 36.7. The Kier molecular flexibility index (Phi) is 25.9. The van der Waals surface area contributed by atoms with Crippen molar-refractivity contribution in [3.8, 4) is 0 Å². The van der Waals surface area contributed by atoms with Gasteiger partial charge in [-0.15, -0.1) is 6.58 Å². The summed E-state index contributed by atoms with van der Waals surface area (Å²) in [5, 5.41) is 14.4. The molecule has 2 aromatic rings. The van der Waals surface area contributed by atoms with Gasteiger partial charge in [0.25, 0.3) is 0 Å². The number of alkyl carbamates (subject to hydrolysis) is 2. The summed E-state index contributed by atoms with van der Waals surface area (Å²) in [6, 6.07) is 16.4. The number of nitrogens with one attached hydrogen (secondary N) is 2. The minimum absolute atomic E-state index is 0.00585. The first-order valence-electron chi connectivity index (χ1n) is 20.9. The van der Waals surface area contributed by atoms with Crippen LogP contribution in [0.25, 0.3) is 11.1 Å². The summed E-state index contributed by atoms with van der Waals surface area (Å²) in [5.41, 5.74) is 9.66. The SMILES string of the molecule is C/C=C\C1=C(CC)c2ccccc2C1COC(=O)NCCOCCOCC(COCCOCCNC(=O)OCC1C(C)=C(C)c2ccccc21)OCC(=O)O.C=CC.CC. The van der Waals surface area contributed by atoms with Gasteiger partial charge >= 0.3 is 18.2 Å². The Morgan fingerprint density at radius 3 is 1.75 bits per heavy atom. The number of fused-ring (bicyclic) bond motifs is 2. The average Bonchev–Trinajstić information content (AvgIpc) is 3.69. The minimum atomic E-state index is -1.10. The lowest BCUT2D eigenvalue weighted by Crippen LogP contribution is -2.31. The van der Waals surface area contributed by atoms with Crippen molar-refractivity contribution in [3.05, 3.63) is 107 Å². The molecule has 0 aliphatic heterocycles. The summed E-state index contributed by atoms with van der Waals surface area (Å²) in [5.74, 6) is -1.05. The third kappa shape index (κ3) is 17.4. The standard InChI is InChI=1S/C42H56N2O11.C3H6.C2H6/c1-5-11-34-32(6-2)35-13-9-10-15-37(35)39(34)27-55-42(48)44-17-19-50-21-23-52-25-31(53-28-40(45)46)24-51-22-20-49-18-16-43-41(47)54-26-38-30(4)29(3)33-12-7-8-14-36(33)38;1-3-2;1-2/h5,7-15,31,38-39H,6,16-28H2,1-4H3,(H,43,47)(H,44,48)(H,45,46);3H,1H2,2H3;1-2H3/b11-5-;;. The Balaban J connectivity index is 0.00000237. The molecule has 2 amide bonds. The second-order valence-electron chi connectivity index (χ2n) is 13.5. The van der Waals surface area contributed by atoms with E-state index in [0.717, 1.165) is 6.42 Å². The zero-order valence-electron chi connectivity index (χ0n) is 36.7. The van der Waals surface area contributed by atoms with Crippen LogP contribution in [0.5, 0.6) is 0 Å². The molecule has 3 N–H and O–H groups in total. The first kappa shape index (κ1) is 51.4. The third-order valence-electron chi connectivity index (χ3n) is 9.53. The maximum Gasteiger partial charge on any atom is 0.407 e. The van der Waals surface area contributed by atoms with Crippen molar-refractivity contribution < 1.29 is 52.6 Å². The molecule has 3 atom stereocenters. The Bertz CT molecular complexity index is 1700. The molecule has 0 spiro atoms. The molecule has 332 valence electrons. The molecule has 3 unspecified atom stereocenters. The van der Waals surface area contributed by atoms with Gasteiger partial charge in [-0.05, 0) is 73.1 Å². The van der Waals surface area contributed by atoms with E-state index in [9.17, 15) is 14.4 Å². The quantitative estimate of drug-likeness (QED) is 0.0652. The molecule has 2 aliphatic rings. The summed E-state index contributed by atoms with van der Waals surface area (Å²) in [6.45, 7) is 19.8. The van der Waals surface area contributed by atoms with Crippen molar-refractivity contribution >= 4 is 29.3 Å². The number of rotatable bonds is 25. The van der Waals surface area contributed by atoms with Gasteiger partial charge in [0.15, 0.2) is 0 Å². The van der Waals surface area contributed by atoms with E-state index < -0.39 is 30.9 Å². The van der Waals surface area contributed by atoms with Crippen LogP contribution < -0.4 is 10.6 Å². The largest absolute Gasteiger partial charge is 0.480 e. The number of carboxylic acids is 1. The van der Waals surface area contributed by atoms with Gasteiger partial charge in [-0.1, -0.05) is 93.1 Å². The third-order valence-corrected chi connectivity index (χ3v) is 9.53. The van der Waals surface area contributed by atoms with Crippen molar-refractivity contribution in [1.82, 2.24) is 10.6 Å². The zero-order chi connectivity index (χ0) is 44.1. The molecule has 0 aromatic heterocycles. The maximum atomic E-state index is 12.4. The summed E-state index contributed by atoms with van der Waals surface area (Å²) in [7, 11) is 0. The average molecular weight is 837 g/mol. The van der Waals surface area contributed by atoms with Crippen molar-refractivity contribution in [2.75, 3.05) is 85.8 Å². The molecular weight excluding hydrogens is 769 g/mol. The predicted molar refractivity (Wildman–Crippen MR) is 235 cm³/mol. The highest BCUT2D eigenvalue weighted by atomic mass is 16.6. The van der Waals surface area contributed by atoms with E-state index in [-0.39, 0.29) is 91.0 Å². The number of hydrogen-bond acceptors (Lipinski definition) is 10. The summed E-state index contributed by atoms with van der Waals surface area (Å²) >= 11 is 0. The normalized spacial score (nSPS) is 15.6. The van der Waals surface area contributed by atoms with Crippen molar-refractivity contribution in [1.29, 1.82) is 0 Å². The van der Waals surface area contributed by atoms with Crippen LogP contribution in [0.1, 0.15) is 89.0 Å². The van der Waals surface area contributed by atoms with E-state index in [1.807, 2.05) is 58.0 Å². The van der Waals surface area contributed by atoms with E-state index in [2.05, 4.69) is 68.3 Å².